The number of carbonyl (C=O) groups is 3. The van der Waals surface area contributed by atoms with Crippen molar-refractivity contribution >= 4 is 34.9 Å². The van der Waals surface area contributed by atoms with Crippen LogP contribution in [0.25, 0.3) is 11.1 Å². The highest BCUT2D eigenvalue weighted by Crippen LogP contribution is 2.51. The lowest BCUT2D eigenvalue weighted by Crippen LogP contribution is -2.49. The van der Waals surface area contributed by atoms with Gasteiger partial charge < -0.3 is 30.7 Å². The third kappa shape index (κ3) is 5.24. The summed E-state index contributed by atoms with van der Waals surface area (Å²) in [4.78, 5) is 42.1. The Morgan fingerprint density at radius 2 is 1.84 bits per heavy atom. The lowest BCUT2D eigenvalue weighted by Gasteiger charge is -2.25. The van der Waals surface area contributed by atoms with E-state index in [1.165, 1.54) is 40.5 Å². The number of rotatable bonds is 7. The van der Waals surface area contributed by atoms with Crippen molar-refractivity contribution in [3.8, 4) is 11.1 Å². The number of nitrogen functional groups attached to an aromatic ring is 1. The van der Waals surface area contributed by atoms with Gasteiger partial charge in [0.15, 0.2) is 5.79 Å². The first-order valence-corrected chi connectivity index (χ1v) is 15.0. The standard InChI is InChI=1S/C31H31F2N5O5S/c1-16-3-5-20-21-10-18(4-6-22(21)31(32,33)23(20)9-16)28(40)36-13-26(39)38-15-30(42-7-8-43-30)12-24(38)29(41)37-17(2)25-11-19(14-44-25)27(34)35/h3-6,9-11,14,17,24H,7-8,12-13,15H2,1-2H3,(H3,34,35)(H,36,40)(H,37,41)/t17-,24?/m1/s1. The van der Waals surface area contributed by atoms with Gasteiger partial charge in [-0.25, -0.2) is 0 Å². The second-order valence-corrected chi connectivity index (χ2v) is 12.2. The number of nitrogens with one attached hydrogen (secondary N) is 3. The van der Waals surface area contributed by atoms with Gasteiger partial charge in [-0.3, -0.25) is 19.8 Å². The Hall–Kier alpha value is -4.20. The fourth-order valence-corrected chi connectivity index (χ4v) is 6.90. The van der Waals surface area contributed by atoms with E-state index in [4.69, 9.17) is 20.6 Å². The minimum Gasteiger partial charge on any atom is -0.384 e. The Morgan fingerprint density at radius 3 is 2.55 bits per heavy atom. The van der Waals surface area contributed by atoms with E-state index in [0.717, 1.165) is 4.88 Å². The van der Waals surface area contributed by atoms with Gasteiger partial charge in [-0.15, -0.1) is 11.3 Å². The van der Waals surface area contributed by atoms with Gasteiger partial charge >= 0.3 is 0 Å². The van der Waals surface area contributed by atoms with Crippen LogP contribution >= 0.6 is 11.3 Å². The summed E-state index contributed by atoms with van der Waals surface area (Å²) in [5.41, 5.74) is 7.32. The quantitative estimate of drug-likeness (QED) is 0.234. The van der Waals surface area contributed by atoms with Gasteiger partial charge in [0.2, 0.25) is 11.8 Å². The van der Waals surface area contributed by atoms with Crippen LogP contribution in [0, 0.1) is 12.3 Å². The number of fused-ring (bicyclic) bond motifs is 3. The Labute approximate surface area is 256 Å². The highest BCUT2D eigenvalue weighted by atomic mass is 32.1. The van der Waals surface area contributed by atoms with E-state index in [-0.39, 0.29) is 41.1 Å². The normalized spacial score (nSPS) is 19.8. The molecule has 1 aliphatic carbocycles. The predicted octanol–water partition coefficient (Wildman–Crippen LogP) is 3.41. The topological polar surface area (TPSA) is 147 Å². The van der Waals surface area contributed by atoms with Gasteiger partial charge in [0, 0.05) is 38.9 Å². The molecule has 2 aromatic carbocycles. The number of ether oxygens (including phenoxy) is 2. The largest absolute Gasteiger partial charge is 0.384 e. The van der Waals surface area contributed by atoms with Crippen LogP contribution in [0.1, 0.15) is 56.9 Å². The number of nitrogens with two attached hydrogens (primary N) is 1. The van der Waals surface area contributed by atoms with Gasteiger partial charge in [-0.1, -0.05) is 23.8 Å². The van der Waals surface area contributed by atoms with E-state index in [1.807, 2.05) is 0 Å². The van der Waals surface area contributed by atoms with Gasteiger partial charge in [-0.05, 0) is 49.2 Å². The van der Waals surface area contributed by atoms with Crippen LogP contribution in [-0.4, -0.2) is 66.6 Å². The molecule has 2 saturated heterocycles. The van der Waals surface area contributed by atoms with Gasteiger partial charge in [0.1, 0.15) is 11.9 Å². The first-order chi connectivity index (χ1) is 20.9. The van der Waals surface area contributed by atoms with Crippen LogP contribution in [0.5, 0.6) is 0 Å². The molecule has 3 heterocycles. The van der Waals surface area contributed by atoms with E-state index in [1.54, 1.807) is 37.4 Å². The average molecular weight is 624 g/mol. The van der Waals surface area contributed by atoms with E-state index in [9.17, 15) is 14.4 Å². The minimum absolute atomic E-state index is 0.00574. The third-order valence-electron chi connectivity index (χ3n) is 8.27. The average Bonchev–Trinajstić information content (AvgIpc) is 3.78. The molecule has 10 nitrogen and oxygen atoms in total. The molecular formula is C31H31F2N5O5S. The molecule has 2 aliphatic heterocycles. The van der Waals surface area contributed by atoms with Crippen LogP contribution in [0.3, 0.4) is 0 Å². The maximum Gasteiger partial charge on any atom is 0.299 e. The molecule has 1 unspecified atom stereocenters. The van der Waals surface area contributed by atoms with Crippen molar-refractivity contribution in [3.63, 3.8) is 0 Å². The zero-order valence-electron chi connectivity index (χ0n) is 24.0. The Bertz CT molecular complexity index is 1690. The molecule has 0 bridgehead atoms. The lowest BCUT2D eigenvalue weighted by molar-refractivity contribution is -0.152. The molecule has 0 saturated carbocycles. The van der Waals surface area contributed by atoms with Crippen LogP contribution in [0.4, 0.5) is 8.78 Å². The fraction of sp³-hybridized carbons (Fsp3) is 0.355. The maximum absolute atomic E-state index is 15.1. The molecule has 13 heteroatoms. The summed E-state index contributed by atoms with van der Waals surface area (Å²) >= 11 is 1.36. The number of amidine groups is 1. The Kier molecular flexibility index (Phi) is 7.50. The van der Waals surface area contributed by atoms with Crippen molar-refractivity contribution in [2.75, 3.05) is 26.3 Å². The lowest BCUT2D eigenvalue weighted by atomic mass is 10.0. The highest BCUT2D eigenvalue weighted by molar-refractivity contribution is 7.10. The molecule has 1 aromatic heterocycles. The second-order valence-electron chi connectivity index (χ2n) is 11.3. The molecule has 2 atom stereocenters. The van der Waals surface area contributed by atoms with Crippen molar-refractivity contribution in [2.24, 2.45) is 5.73 Å². The van der Waals surface area contributed by atoms with Crippen LogP contribution < -0.4 is 16.4 Å². The van der Waals surface area contributed by atoms with E-state index in [2.05, 4.69) is 10.6 Å². The van der Waals surface area contributed by atoms with Crippen molar-refractivity contribution in [1.82, 2.24) is 15.5 Å². The number of alkyl halides is 2. The second kappa shape index (κ2) is 11.1. The van der Waals surface area contributed by atoms with Gasteiger partial charge in [0.05, 0.1) is 32.3 Å². The Balaban J connectivity index is 1.15. The van der Waals surface area contributed by atoms with Gasteiger partial charge in [-0.2, -0.15) is 8.78 Å². The third-order valence-corrected chi connectivity index (χ3v) is 9.38. The number of likely N-dealkylation sites (tertiary alicyclic amines) is 1. The van der Waals surface area contributed by atoms with Crippen molar-refractivity contribution in [2.45, 2.75) is 44.1 Å². The molecule has 6 rings (SSSR count). The molecule has 3 aromatic rings. The molecule has 5 N–H and O–H groups in total. The number of nitrogens with zero attached hydrogens (tertiary/aromatic N) is 1. The smallest absolute Gasteiger partial charge is 0.299 e. The predicted molar refractivity (Wildman–Crippen MR) is 159 cm³/mol. The number of halogens is 2. The highest BCUT2D eigenvalue weighted by Gasteiger charge is 2.52. The summed E-state index contributed by atoms with van der Waals surface area (Å²) in [5.74, 6) is -5.92. The zero-order valence-corrected chi connectivity index (χ0v) is 24.9. The number of hydrogen-bond donors (Lipinski definition) is 4. The molecule has 3 aliphatic rings. The summed E-state index contributed by atoms with van der Waals surface area (Å²) in [6.07, 6.45) is 0.117. The molecule has 3 amide bonds. The maximum atomic E-state index is 15.1. The fourth-order valence-electron chi connectivity index (χ4n) is 5.98. The van der Waals surface area contributed by atoms with Crippen molar-refractivity contribution < 1.29 is 32.6 Å². The first kappa shape index (κ1) is 29.9. The molecule has 0 radical (unpaired) electrons. The summed E-state index contributed by atoms with van der Waals surface area (Å²) in [6, 6.07) is 9.18. The summed E-state index contributed by atoms with van der Waals surface area (Å²) < 4.78 is 41.8. The SMILES string of the molecule is Cc1ccc2c(c1)C(F)(F)c1ccc(C(=O)NCC(=O)N3CC4(CC3C(=O)N[C@H](C)c3cc(C(=N)N)cs3)OCCO4)cc1-2. The number of carbonyl (C=O) groups excluding carboxylic acids is 3. The van der Waals surface area contributed by atoms with Gasteiger partial charge in [0.25, 0.3) is 11.8 Å². The zero-order chi connectivity index (χ0) is 31.4. The van der Waals surface area contributed by atoms with E-state index >= 15 is 8.78 Å². The van der Waals surface area contributed by atoms with Crippen LogP contribution in [0.15, 0.2) is 47.8 Å². The number of hydrogen-bond acceptors (Lipinski definition) is 7. The minimum atomic E-state index is -3.18. The molecular weight excluding hydrogens is 592 g/mol. The molecule has 1 spiro atoms. The molecule has 2 fully saturated rings. The van der Waals surface area contributed by atoms with Crippen molar-refractivity contribution in [3.05, 3.63) is 80.5 Å². The monoisotopic (exact) mass is 623 g/mol. The Morgan fingerprint density at radius 1 is 1.09 bits per heavy atom. The van der Waals surface area contributed by atoms with Crippen LogP contribution in [-0.2, 0) is 25.0 Å². The summed E-state index contributed by atoms with van der Waals surface area (Å²) in [5, 5.41) is 14.8. The first-order valence-electron chi connectivity index (χ1n) is 14.1. The van der Waals surface area contributed by atoms with Crippen molar-refractivity contribution in [1.29, 1.82) is 5.41 Å². The summed E-state index contributed by atoms with van der Waals surface area (Å²) in [7, 11) is 0. The number of thiophene rings is 1. The van der Waals surface area contributed by atoms with E-state index < -0.39 is 48.1 Å². The summed E-state index contributed by atoms with van der Waals surface area (Å²) in [6.45, 7) is 3.76. The molecule has 44 heavy (non-hydrogen) atoms. The number of benzene rings is 2. The van der Waals surface area contributed by atoms with E-state index in [0.29, 0.717) is 29.9 Å². The number of amides is 3. The molecule has 230 valence electrons. The number of aryl methyl sites for hydroxylation is 1. The van der Waals surface area contributed by atoms with Crippen LogP contribution in [0.2, 0.25) is 0 Å².